The molecule has 4 heteroatoms. The Morgan fingerprint density at radius 2 is 1.92 bits per heavy atom. The normalized spacial score (nSPS) is 13.9. The van der Waals surface area contributed by atoms with E-state index in [1.807, 2.05) is 41.3 Å². The summed E-state index contributed by atoms with van der Waals surface area (Å²) in [5.74, 6) is -0.368. The number of carbonyl (C=O) groups is 1. The van der Waals surface area contributed by atoms with Crippen molar-refractivity contribution >= 4 is 16.8 Å². The first-order chi connectivity index (χ1) is 11.7. The molecule has 0 atom stereocenters. The number of pyridine rings is 1. The zero-order valence-corrected chi connectivity index (χ0v) is 13.2. The molecule has 0 saturated heterocycles. The van der Waals surface area contributed by atoms with Crippen molar-refractivity contribution in [3.8, 4) is 0 Å². The van der Waals surface area contributed by atoms with Crippen LogP contribution in [0.25, 0.3) is 10.9 Å². The van der Waals surface area contributed by atoms with E-state index < -0.39 is 0 Å². The van der Waals surface area contributed by atoms with Crippen LogP contribution in [0.3, 0.4) is 0 Å². The molecule has 1 heterocycles. The summed E-state index contributed by atoms with van der Waals surface area (Å²) in [6, 6.07) is 18.1. The van der Waals surface area contributed by atoms with Gasteiger partial charge in [-0.3, -0.25) is 4.79 Å². The third-order valence-corrected chi connectivity index (χ3v) is 4.31. The standard InChI is InChI=1S/C20H17FN2O/c21-16-6-3-4-14(12-16)13-23(17-9-10-17)20(24)19-11-8-15-5-1-2-7-18(15)22-19/h1-8,11-12,17H,9-10,13H2. The second kappa shape index (κ2) is 6.04. The van der Waals surface area contributed by atoms with Gasteiger partial charge in [0.1, 0.15) is 11.5 Å². The Bertz CT molecular complexity index is 905. The number of halogens is 1. The Labute approximate surface area is 139 Å². The first-order valence-electron chi connectivity index (χ1n) is 8.12. The van der Waals surface area contributed by atoms with Gasteiger partial charge in [-0.2, -0.15) is 0 Å². The molecule has 0 bridgehead atoms. The minimum absolute atomic E-state index is 0.0903. The van der Waals surface area contributed by atoms with E-state index >= 15 is 0 Å². The van der Waals surface area contributed by atoms with Gasteiger partial charge in [-0.15, -0.1) is 0 Å². The van der Waals surface area contributed by atoms with Crippen LogP contribution in [0.2, 0.25) is 0 Å². The van der Waals surface area contributed by atoms with Gasteiger partial charge in [-0.1, -0.05) is 36.4 Å². The summed E-state index contributed by atoms with van der Waals surface area (Å²) in [5.41, 5.74) is 2.05. The SMILES string of the molecule is O=C(c1ccc2ccccc2n1)N(Cc1cccc(F)c1)C1CC1. The van der Waals surface area contributed by atoms with Gasteiger partial charge in [0.15, 0.2) is 0 Å². The third-order valence-electron chi connectivity index (χ3n) is 4.31. The second-order valence-electron chi connectivity index (χ2n) is 6.18. The molecule has 0 N–H and O–H groups in total. The van der Waals surface area contributed by atoms with Crippen LogP contribution in [0.5, 0.6) is 0 Å². The highest BCUT2D eigenvalue weighted by Crippen LogP contribution is 2.30. The summed E-state index contributed by atoms with van der Waals surface area (Å²) >= 11 is 0. The highest BCUT2D eigenvalue weighted by Gasteiger charge is 2.33. The van der Waals surface area contributed by atoms with Crippen LogP contribution in [0.1, 0.15) is 28.9 Å². The number of hydrogen-bond donors (Lipinski definition) is 0. The smallest absolute Gasteiger partial charge is 0.273 e. The fourth-order valence-electron chi connectivity index (χ4n) is 2.92. The van der Waals surface area contributed by atoms with Crippen molar-refractivity contribution < 1.29 is 9.18 Å². The molecule has 1 fully saturated rings. The van der Waals surface area contributed by atoms with E-state index in [-0.39, 0.29) is 17.8 Å². The van der Waals surface area contributed by atoms with E-state index in [1.54, 1.807) is 12.1 Å². The Kier molecular flexibility index (Phi) is 3.73. The molecule has 1 aliphatic rings. The lowest BCUT2D eigenvalue weighted by molar-refractivity contribution is 0.0724. The minimum atomic E-state index is -0.278. The van der Waals surface area contributed by atoms with E-state index in [0.717, 1.165) is 29.3 Å². The van der Waals surface area contributed by atoms with Gasteiger partial charge in [0, 0.05) is 18.0 Å². The molecular weight excluding hydrogens is 303 g/mol. The van der Waals surface area contributed by atoms with Gasteiger partial charge in [0.2, 0.25) is 0 Å². The molecule has 4 rings (SSSR count). The van der Waals surface area contributed by atoms with Crippen molar-refractivity contribution in [2.24, 2.45) is 0 Å². The Morgan fingerprint density at radius 1 is 1.08 bits per heavy atom. The average molecular weight is 320 g/mol. The maximum Gasteiger partial charge on any atom is 0.273 e. The number of rotatable bonds is 4. The minimum Gasteiger partial charge on any atom is -0.330 e. The quantitative estimate of drug-likeness (QED) is 0.722. The van der Waals surface area contributed by atoms with Gasteiger partial charge in [-0.25, -0.2) is 9.37 Å². The molecule has 2 aromatic carbocycles. The van der Waals surface area contributed by atoms with Crippen molar-refractivity contribution in [3.05, 3.63) is 77.7 Å². The lowest BCUT2D eigenvalue weighted by Crippen LogP contribution is -2.33. The van der Waals surface area contributed by atoms with Gasteiger partial charge in [0.25, 0.3) is 5.91 Å². The second-order valence-corrected chi connectivity index (χ2v) is 6.18. The number of para-hydroxylation sites is 1. The summed E-state index contributed by atoms with van der Waals surface area (Å²) in [5, 5.41) is 1.01. The lowest BCUT2D eigenvalue weighted by atomic mass is 10.1. The summed E-state index contributed by atoms with van der Waals surface area (Å²) in [7, 11) is 0. The monoisotopic (exact) mass is 320 g/mol. The van der Waals surface area contributed by atoms with Crippen molar-refractivity contribution in [2.45, 2.75) is 25.4 Å². The third kappa shape index (κ3) is 3.00. The average Bonchev–Trinajstić information content (AvgIpc) is 3.44. The number of amides is 1. The molecule has 0 spiro atoms. The van der Waals surface area contributed by atoms with Crippen LogP contribution in [0.4, 0.5) is 4.39 Å². The number of hydrogen-bond acceptors (Lipinski definition) is 2. The summed E-state index contributed by atoms with van der Waals surface area (Å²) in [4.78, 5) is 19.2. The molecule has 120 valence electrons. The zero-order chi connectivity index (χ0) is 16.5. The van der Waals surface area contributed by atoms with Crippen LogP contribution < -0.4 is 0 Å². The van der Waals surface area contributed by atoms with Crippen LogP contribution in [-0.2, 0) is 6.54 Å². The highest BCUT2D eigenvalue weighted by atomic mass is 19.1. The topological polar surface area (TPSA) is 33.2 Å². The van der Waals surface area contributed by atoms with Crippen molar-refractivity contribution in [3.63, 3.8) is 0 Å². The van der Waals surface area contributed by atoms with Crippen LogP contribution in [-0.4, -0.2) is 21.8 Å². The van der Waals surface area contributed by atoms with Crippen LogP contribution in [0, 0.1) is 5.82 Å². The van der Waals surface area contributed by atoms with Crippen molar-refractivity contribution in [1.29, 1.82) is 0 Å². The number of fused-ring (bicyclic) bond motifs is 1. The molecule has 24 heavy (non-hydrogen) atoms. The molecule has 1 aliphatic carbocycles. The molecule has 3 aromatic rings. The molecule has 1 amide bonds. The molecule has 0 aliphatic heterocycles. The maximum absolute atomic E-state index is 13.4. The lowest BCUT2D eigenvalue weighted by Gasteiger charge is -2.22. The van der Waals surface area contributed by atoms with E-state index in [2.05, 4.69) is 4.98 Å². The fourth-order valence-corrected chi connectivity index (χ4v) is 2.92. The molecule has 0 radical (unpaired) electrons. The predicted octanol–water partition coefficient (Wildman–Crippen LogP) is 4.18. The first-order valence-corrected chi connectivity index (χ1v) is 8.12. The van der Waals surface area contributed by atoms with Crippen molar-refractivity contribution in [1.82, 2.24) is 9.88 Å². The van der Waals surface area contributed by atoms with E-state index in [0.29, 0.717) is 12.2 Å². The largest absolute Gasteiger partial charge is 0.330 e. The maximum atomic E-state index is 13.4. The van der Waals surface area contributed by atoms with Gasteiger partial charge in [0.05, 0.1) is 5.52 Å². The molecule has 1 aromatic heterocycles. The van der Waals surface area contributed by atoms with E-state index in [1.165, 1.54) is 12.1 Å². The summed E-state index contributed by atoms with van der Waals surface area (Å²) < 4.78 is 13.4. The van der Waals surface area contributed by atoms with E-state index in [4.69, 9.17) is 0 Å². The van der Waals surface area contributed by atoms with Gasteiger partial charge in [-0.05, 0) is 42.7 Å². The molecular formula is C20H17FN2O. The fraction of sp³-hybridized carbons (Fsp3) is 0.200. The predicted molar refractivity (Wildman–Crippen MR) is 91.0 cm³/mol. The van der Waals surface area contributed by atoms with Crippen LogP contribution in [0.15, 0.2) is 60.7 Å². The highest BCUT2D eigenvalue weighted by molar-refractivity contribution is 5.95. The zero-order valence-electron chi connectivity index (χ0n) is 13.2. The Balaban J connectivity index is 1.63. The van der Waals surface area contributed by atoms with Crippen LogP contribution >= 0.6 is 0 Å². The number of carbonyl (C=O) groups excluding carboxylic acids is 1. The van der Waals surface area contributed by atoms with Gasteiger partial charge < -0.3 is 4.90 Å². The number of aromatic nitrogens is 1. The molecule has 1 saturated carbocycles. The Hall–Kier alpha value is -2.75. The molecule has 3 nitrogen and oxygen atoms in total. The van der Waals surface area contributed by atoms with Gasteiger partial charge >= 0.3 is 0 Å². The van der Waals surface area contributed by atoms with E-state index in [9.17, 15) is 9.18 Å². The number of nitrogens with zero attached hydrogens (tertiary/aromatic N) is 2. The first kappa shape index (κ1) is 14.8. The number of benzene rings is 2. The summed E-state index contributed by atoms with van der Waals surface area (Å²) in [6.45, 7) is 0.412. The molecule has 0 unspecified atom stereocenters. The van der Waals surface area contributed by atoms with Crippen molar-refractivity contribution in [2.75, 3.05) is 0 Å². The summed E-state index contributed by atoms with van der Waals surface area (Å²) in [6.07, 6.45) is 1.99. The Morgan fingerprint density at radius 3 is 2.71 bits per heavy atom.